The zero-order chi connectivity index (χ0) is 32.9. The number of ether oxygens (including phenoxy) is 1. The van der Waals surface area contributed by atoms with Gasteiger partial charge in [-0.15, -0.1) is 0 Å². The van der Waals surface area contributed by atoms with Gasteiger partial charge in [-0.2, -0.15) is 0 Å². The van der Waals surface area contributed by atoms with E-state index in [0.29, 0.717) is 38.6 Å². The number of nitrogens with two attached hydrogens (primary N) is 1. The Labute approximate surface area is 268 Å². The Morgan fingerprint density at radius 2 is 1.67 bits per heavy atom. The molecule has 0 aliphatic heterocycles. The second-order valence-corrected chi connectivity index (χ2v) is 11.9. The smallest absolute Gasteiger partial charge is 0.323 e. The van der Waals surface area contributed by atoms with Gasteiger partial charge in [0, 0.05) is 22.8 Å². The molecular weight excluding hydrogens is 643 g/mol. The van der Waals surface area contributed by atoms with E-state index in [-0.39, 0.29) is 33.2 Å². The molecule has 2 amide bonds. The van der Waals surface area contributed by atoms with Gasteiger partial charge in [0.15, 0.2) is 5.78 Å². The molecule has 0 atom stereocenters. The molecule has 12 nitrogen and oxygen atoms in total. The number of ketones is 1. The third kappa shape index (κ3) is 7.88. The van der Waals surface area contributed by atoms with Gasteiger partial charge in [0.25, 0.3) is 0 Å². The topological polar surface area (TPSA) is 181 Å². The number of hydrogen-bond donors (Lipinski definition) is 3. The maximum absolute atomic E-state index is 13.5. The Hall–Kier alpha value is -4.69. The molecule has 0 aliphatic rings. The number of fused-ring (bicyclic) bond motifs is 1. The number of hydrogen-bond acceptors (Lipinski definition) is 9. The number of benzene rings is 3. The highest BCUT2D eigenvalue weighted by atomic mass is 35.5. The fourth-order valence-corrected chi connectivity index (χ4v) is 5.18. The van der Waals surface area contributed by atoms with Gasteiger partial charge in [-0.05, 0) is 62.4 Å². The number of carbonyl (C=O) groups excluding carboxylic acids is 2. The summed E-state index contributed by atoms with van der Waals surface area (Å²) in [7, 11) is -2.79. The maximum Gasteiger partial charge on any atom is 0.323 e. The number of aromatic nitrogens is 3. The van der Waals surface area contributed by atoms with Gasteiger partial charge in [0.2, 0.25) is 0 Å². The molecule has 0 saturated heterocycles. The molecule has 0 fully saturated rings. The van der Waals surface area contributed by atoms with Crippen LogP contribution in [0.2, 0.25) is 10.0 Å². The molecule has 2 heterocycles. The third-order valence-corrected chi connectivity index (χ3v) is 7.76. The zero-order valence-corrected chi connectivity index (χ0v) is 26.4. The molecule has 0 bridgehead atoms. The van der Waals surface area contributed by atoms with Gasteiger partial charge < -0.3 is 30.2 Å². The van der Waals surface area contributed by atoms with Gasteiger partial charge in [-0.1, -0.05) is 41.4 Å². The van der Waals surface area contributed by atoms with Gasteiger partial charge in [-0.3, -0.25) is 4.79 Å². The van der Waals surface area contributed by atoms with Crippen molar-refractivity contribution in [3.63, 3.8) is 0 Å². The third-order valence-electron chi connectivity index (χ3n) is 6.36. The van der Waals surface area contributed by atoms with E-state index in [1.165, 1.54) is 49.8 Å². The lowest BCUT2D eigenvalue weighted by atomic mass is 10.0. The molecule has 0 spiro atoms. The van der Waals surface area contributed by atoms with E-state index in [2.05, 4.69) is 20.6 Å². The van der Waals surface area contributed by atoms with Crippen molar-refractivity contribution in [2.45, 2.75) is 24.8 Å². The number of urea groups is 1. The molecule has 4 N–H and O–H groups in total. The van der Waals surface area contributed by atoms with Crippen LogP contribution in [0, 0.1) is 0 Å². The van der Waals surface area contributed by atoms with Crippen molar-refractivity contribution in [1.29, 1.82) is 0 Å². The summed E-state index contributed by atoms with van der Waals surface area (Å²) in [5.74, 6) is 0.276. The molecule has 2 aromatic heterocycles. The lowest BCUT2D eigenvalue weighted by molar-refractivity contribution is 0.104. The molecule has 45 heavy (non-hydrogen) atoms. The quantitative estimate of drug-likeness (QED) is 0.131. The summed E-state index contributed by atoms with van der Waals surface area (Å²) in [5, 5.41) is 6.55. The molecule has 234 valence electrons. The van der Waals surface area contributed by atoms with Crippen LogP contribution in [0.15, 0.2) is 84.1 Å². The number of methoxy groups -OCH3 is 1. The molecule has 0 aliphatic carbocycles. The first-order valence-electron chi connectivity index (χ1n) is 13.2. The van der Waals surface area contributed by atoms with Crippen LogP contribution in [0.3, 0.4) is 0 Å². The lowest BCUT2D eigenvalue weighted by Crippen LogP contribution is -2.20. The van der Waals surface area contributed by atoms with Crippen LogP contribution in [-0.2, 0) is 10.1 Å². The minimum absolute atomic E-state index is 0.0461. The average Bonchev–Trinajstić information content (AvgIpc) is 3.40. The predicted octanol–water partition coefficient (Wildman–Crippen LogP) is 6.38. The van der Waals surface area contributed by atoms with Gasteiger partial charge in [0.1, 0.15) is 33.7 Å². The number of nitrogens with one attached hydrogen (secondary N) is 2. The summed E-state index contributed by atoms with van der Waals surface area (Å²) in [6.07, 6.45) is 3.08. The normalized spacial score (nSPS) is 11.1. The molecule has 5 rings (SSSR count). The minimum atomic E-state index is -4.25. The van der Waals surface area contributed by atoms with E-state index in [1.807, 2.05) is 18.4 Å². The van der Waals surface area contributed by atoms with Gasteiger partial charge >= 0.3 is 6.03 Å². The first kappa shape index (κ1) is 33.2. The SMILES string of the molecule is COc1ccc(C(=O)c2cn(C(C)C)c3ncnc(N)c23)cc1NC(=O)Nc1ccc(Cl)cc1Cl.O=S(=O)([O-])c1ccccc1. The highest BCUT2D eigenvalue weighted by Crippen LogP contribution is 2.32. The summed E-state index contributed by atoms with van der Waals surface area (Å²) in [6, 6.07) is 16.1. The van der Waals surface area contributed by atoms with E-state index in [4.69, 9.17) is 33.7 Å². The molecule has 0 unspecified atom stereocenters. The Morgan fingerprint density at radius 3 is 2.27 bits per heavy atom. The van der Waals surface area contributed by atoms with Crippen molar-refractivity contribution < 1.29 is 27.3 Å². The molecule has 0 saturated carbocycles. The van der Waals surface area contributed by atoms with Crippen LogP contribution in [0.4, 0.5) is 22.0 Å². The van der Waals surface area contributed by atoms with Gasteiger partial charge in [0.05, 0.1) is 39.4 Å². The standard InChI is InChI=1S/C24H22Cl2N6O3.C6H6O3S/c1-12(2)32-10-15(20-22(27)28-11-29-23(20)32)21(33)13-4-7-19(35-3)18(8-13)31-24(34)30-17-6-5-14(25)9-16(17)26;7-10(8,9)6-4-2-1-3-5-6/h4-12H,1-3H3,(H2,27,28,29)(H2,30,31,34);1-5H,(H,7,8,9)/p-1. The van der Waals surface area contributed by atoms with Crippen LogP contribution in [0.25, 0.3) is 11.0 Å². The van der Waals surface area contributed by atoms with Crippen molar-refractivity contribution in [3.8, 4) is 5.75 Å². The average molecular weight is 671 g/mol. The molecule has 3 aromatic carbocycles. The first-order valence-corrected chi connectivity index (χ1v) is 15.3. The Balaban J connectivity index is 0.000000392. The summed E-state index contributed by atoms with van der Waals surface area (Å²) < 4.78 is 38.1. The fourth-order valence-electron chi connectivity index (χ4n) is 4.23. The predicted molar refractivity (Wildman–Crippen MR) is 172 cm³/mol. The summed E-state index contributed by atoms with van der Waals surface area (Å²) in [4.78, 5) is 34.4. The number of anilines is 3. The lowest BCUT2D eigenvalue weighted by Gasteiger charge is -2.13. The second kappa shape index (κ2) is 13.9. The maximum atomic E-state index is 13.5. The van der Waals surface area contributed by atoms with Crippen molar-refractivity contribution in [3.05, 3.63) is 100 Å². The minimum Gasteiger partial charge on any atom is -0.744 e. The monoisotopic (exact) mass is 669 g/mol. The van der Waals surface area contributed by atoms with Crippen LogP contribution in [0.1, 0.15) is 35.8 Å². The summed E-state index contributed by atoms with van der Waals surface area (Å²) in [5.41, 5.74) is 8.01. The van der Waals surface area contributed by atoms with Crippen LogP contribution < -0.4 is 21.1 Å². The van der Waals surface area contributed by atoms with Crippen molar-refractivity contribution >= 4 is 73.4 Å². The van der Waals surface area contributed by atoms with Crippen molar-refractivity contribution in [1.82, 2.24) is 14.5 Å². The largest absolute Gasteiger partial charge is 0.744 e. The Kier molecular flexibility index (Phi) is 10.3. The number of halogens is 2. The molecule has 5 aromatic rings. The molecular formula is C30H27Cl2N6O6S-. The van der Waals surface area contributed by atoms with Crippen LogP contribution in [-0.4, -0.2) is 46.4 Å². The van der Waals surface area contributed by atoms with Gasteiger partial charge in [-0.25, -0.2) is 23.2 Å². The second-order valence-electron chi connectivity index (χ2n) is 9.72. The van der Waals surface area contributed by atoms with E-state index in [1.54, 1.807) is 36.5 Å². The summed E-state index contributed by atoms with van der Waals surface area (Å²) in [6.45, 7) is 3.96. The van der Waals surface area contributed by atoms with Crippen LogP contribution >= 0.6 is 23.2 Å². The Morgan fingerprint density at radius 1 is 0.978 bits per heavy atom. The highest BCUT2D eigenvalue weighted by Gasteiger charge is 2.22. The van der Waals surface area contributed by atoms with E-state index in [9.17, 15) is 22.6 Å². The number of rotatable bonds is 7. The molecule has 15 heteroatoms. The van der Waals surface area contributed by atoms with Crippen molar-refractivity contribution in [2.24, 2.45) is 0 Å². The summed E-state index contributed by atoms with van der Waals surface area (Å²) >= 11 is 12.0. The fraction of sp³-hybridized carbons (Fsp3) is 0.133. The molecule has 0 radical (unpaired) electrons. The van der Waals surface area contributed by atoms with Crippen molar-refractivity contribution in [2.75, 3.05) is 23.5 Å². The van der Waals surface area contributed by atoms with Crippen LogP contribution in [0.5, 0.6) is 5.75 Å². The number of nitrogen functional groups attached to an aromatic ring is 1. The van der Waals surface area contributed by atoms with E-state index < -0.39 is 16.1 Å². The van der Waals surface area contributed by atoms with E-state index in [0.717, 1.165) is 0 Å². The van der Waals surface area contributed by atoms with E-state index >= 15 is 0 Å². The Bertz CT molecular complexity index is 1980. The number of carbonyl (C=O) groups is 2. The first-order chi connectivity index (χ1) is 21.3. The highest BCUT2D eigenvalue weighted by molar-refractivity contribution is 7.85. The number of nitrogens with zero attached hydrogens (tertiary/aromatic N) is 3. The number of amides is 2. The zero-order valence-electron chi connectivity index (χ0n) is 24.1.